The van der Waals surface area contributed by atoms with E-state index in [4.69, 9.17) is 14.6 Å². The fourth-order valence-electron chi connectivity index (χ4n) is 8.04. The van der Waals surface area contributed by atoms with Crippen molar-refractivity contribution in [3.05, 3.63) is 94.6 Å². The molecule has 0 radical (unpaired) electrons. The molecular weight excluding hydrogens is 865 g/mol. The first-order valence-corrected chi connectivity index (χ1v) is 22.7. The summed E-state index contributed by atoms with van der Waals surface area (Å²) in [6.07, 6.45) is 5.79. The van der Waals surface area contributed by atoms with Crippen molar-refractivity contribution in [1.29, 1.82) is 0 Å². The van der Waals surface area contributed by atoms with Crippen LogP contribution in [0.3, 0.4) is 0 Å². The van der Waals surface area contributed by atoms with E-state index in [1.165, 1.54) is 18.4 Å². The lowest BCUT2D eigenvalue weighted by molar-refractivity contribution is -0.137. The Bertz CT molecular complexity index is 2740. The Kier molecular flexibility index (Phi) is 14.8. The minimum atomic E-state index is -0.912. The number of unbranched alkanes of at least 4 members (excludes halogenated alkanes) is 1. The number of hydrogen-bond donors (Lipinski definition) is 4. The average molecular weight is 917 g/mol. The van der Waals surface area contributed by atoms with Gasteiger partial charge in [0, 0.05) is 90.9 Å². The fraction of sp³-hybridized carbons (Fsp3) is 0.347. The minimum Gasteiger partial charge on any atom is -0.493 e. The second kappa shape index (κ2) is 20.8. The summed E-state index contributed by atoms with van der Waals surface area (Å²) < 4.78 is 14.1. The Morgan fingerprint density at radius 1 is 0.909 bits per heavy atom. The van der Waals surface area contributed by atoms with Gasteiger partial charge in [-0.05, 0) is 79.6 Å². The Labute approximate surface area is 385 Å². The van der Waals surface area contributed by atoms with E-state index in [1.54, 1.807) is 67.0 Å². The van der Waals surface area contributed by atoms with E-state index in [2.05, 4.69) is 20.9 Å². The second-order valence-corrected chi connectivity index (χ2v) is 17.8. The van der Waals surface area contributed by atoms with Gasteiger partial charge in [-0.15, -0.1) is 11.3 Å². The SMILES string of the molecule is COc1cc2c(cc1OCCCC(=O)Nc1cc(C(=O)Nc3ccc4sc(CC(=O)[C@H](C)NC(=O)[C@H](C)CC(=O)CCCCC(=O)O)cc4c3)n(C)c1)N=C[C@@H]1Cc3ccccc3N1C2=O. The van der Waals surface area contributed by atoms with Crippen molar-refractivity contribution in [1.82, 2.24) is 9.88 Å². The van der Waals surface area contributed by atoms with Gasteiger partial charge in [0.15, 0.2) is 17.3 Å². The number of aliphatic carboxylic acids is 1. The number of aliphatic imine (C=N–C) groups is 1. The van der Waals surface area contributed by atoms with Gasteiger partial charge in [0.25, 0.3) is 11.8 Å². The van der Waals surface area contributed by atoms with Crippen LogP contribution in [0.5, 0.6) is 11.5 Å². The number of aryl methyl sites for hydroxylation is 1. The molecule has 5 aromatic rings. The van der Waals surface area contributed by atoms with Crippen molar-refractivity contribution < 1.29 is 48.1 Å². The molecule has 4 amide bonds. The highest BCUT2D eigenvalue weighted by Gasteiger charge is 2.36. The summed E-state index contributed by atoms with van der Waals surface area (Å²) in [7, 11) is 3.21. The Hall–Kier alpha value is -7.14. The summed E-state index contributed by atoms with van der Waals surface area (Å²) in [5, 5.41) is 18.0. The van der Waals surface area contributed by atoms with Gasteiger partial charge in [-0.3, -0.25) is 43.5 Å². The van der Waals surface area contributed by atoms with Crippen LogP contribution in [0.15, 0.2) is 77.9 Å². The van der Waals surface area contributed by atoms with E-state index >= 15 is 0 Å². The van der Waals surface area contributed by atoms with Crippen LogP contribution < -0.4 is 30.3 Å². The van der Waals surface area contributed by atoms with Crippen LogP contribution in [0, 0.1) is 5.92 Å². The summed E-state index contributed by atoms with van der Waals surface area (Å²) in [6.45, 7) is 3.43. The molecule has 0 fully saturated rings. The van der Waals surface area contributed by atoms with Gasteiger partial charge in [0.2, 0.25) is 11.8 Å². The van der Waals surface area contributed by atoms with Gasteiger partial charge >= 0.3 is 5.97 Å². The molecule has 4 heterocycles. The van der Waals surface area contributed by atoms with Crippen LogP contribution in [0.25, 0.3) is 10.1 Å². The molecule has 2 aromatic heterocycles. The maximum Gasteiger partial charge on any atom is 0.303 e. The molecule has 2 aliphatic rings. The number of thiophene rings is 1. The summed E-state index contributed by atoms with van der Waals surface area (Å²) in [4.78, 5) is 96.0. The van der Waals surface area contributed by atoms with Crippen LogP contribution in [-0.2, 0) is 43.9 Å². The summed E-state index contributed by atoms with van der Waals surface area (Å²) in [6, 6.07) is 19.1. The second-order valence-electron chi connectivity index (χ2n) is 16.6. The molecule has 3 aromatic carbocycles. The third-order valence-electron chi connectivity index (χ3n) is 11.5. The normalized spacial score (nSPS) is 14.6. The van der Waals surface area contributed by atoms with Crippen molar-refractivity contribution in [3.8, 4) is 11.5 Å². The van der Waals surface area contributed by atoms with Gasteiger partial charge in [-0.2, -0.15) is 0 Å². The number of aromatic nitrogens is 1. The molecule has 4 N–H and O–H groups in total. The van der Waals surface area contributed by atoms with E-state index < -0.39 is 23.8 Å². The van der Waals surface area contributed by atoms with Crippen molar-refractivity contribution in [2.24, 2.45) is 18.0 Å². The Morgan fingerprint density at radius 3 is 2.48 bits per heavy atom. The maximum atomic E-state index is 13.7. The van der Waals surface area contributed by atoms with Gasteiger partial charge in [0.1, 0.15) is 11.5 Å². The number of benzene rings is 3. The van der Waals surface area contributed by atoms with Gasteiger partial charge in [-0.1, -0.05) is 25.1 Å². The molecule has 17 heteroatoms. The molecule has 0 saturated heterocycles. The number of para-hydroxylation sites is 1. The number of carbonyl (C=O) groups excluding carboxylic acids is 6. The number of carbonyl (C=O) groups is 7. The molecule has 3 atom stereocenters. The number of carboxylic acids is 1. The van der Waals surface area contributed by atoms with Crippen molar-refractivity contribution >= 4 is 91.6 Å². The van der Waals surface area contributed by atoms with Gasteiger partial charge in [-0.25, -0.2) is 0 Å². The number of ketones is 2. The van der Waals surface area contributed by atoms with E-state index in [0.29, 0.717) is 65.5 Å². The smallest absolute Gasteiger partial charge is 0.303 e. The molecule has 7 rings (SSSR count). The quantitative estimate of drug-likeness (QED) is 0.0534. The van der Waals surface area contributed by atoms with Gasteiger partial charge in [0.05, 0.1) is 42.7 Å². The van der Waals surface area contributed by atoms with Crippen LogP contribution in [0.1, 0.15) is 90.1 Å². The Morgan fingerprint density at radius 2 is 1.70 bits per heavy atom. The van der Waals surface area contributed by atoms with Crippen molar-refractivity contribution in [3.63, 3.8) is 0 Å². The van der Waals surface area contributed by atoms with Gasteiger partial charge < -0.3 is 35.1 Å². The fourth-order valence-corrected chi connectivity index (χ4v) is 9.09. The third kappa shape index (κ3) is 11.2. The highest BCUT2D eigenvalue weighted by atomic mass is 32.1. The zero-order valence-corrected chi connectivity index (χ0v) is 38.0. The summed E-state index contributed by atoms with van der Waals surface area (Å²) in [5.41, 5.74) is 4.17. The number of amides is 4. The summed E-state index contributed by atoms with van der Waals surface area (Å²) >= 11 is 1.43. The predicted octanol–water partition coefficient (Wildman–Crippen LogP) is 7.44. The van der Waals surface area contributed by atoms with E-state index in [0.717, 1.165) is 26.2 Å². The summed E-state index contributed by atoms with van der Waals surface area (Å²) in [5.74, 6) is -2.28. The first-order valence-electron chi connectivity index (χ1n) is 21.8. The van der Waals surface area contributed by atoms with Crippen LogP contribution in [-0.4, -0.2) is 82.9 Å². The van der Waals surface area contributed by atoms with Crippen LogP contribution in [0.2, 0.25) is 0 Å². The molecule has 66 heavy (non-hydrogen) atoms. The van der Waals surface area contributed by atoms with E-state index in [1.807, 2.05) is 42.5 Å². The molecule has 0 aliphatic carbocycles. The molecule has 0 saturated carbocycles. The lowest BCUT2D eigenvalue weighted by atomic mass is 9.99. The highest BCUT2D eigenvalue weighted by molar-refractivity contribution is 7.19. The first-order chi connectivity index (χ1) is 31.7. The van der Waals surface area contributed by atoms with Crippen LogP contribution in [0.4, 0.5) is 22.7 Å². The zero-order valence-electron chi connectivity index (χ0n) is 37.2. The molecule has 2 aliphatic heterocycles. The van der Waals surface area contributed by atoms with Crippen molar-refractivity contribution in [2.45, 2.75) is 83.7 Å². The lowest BCUT2D eigenvalue weighted by Crippen LogP contribution is -2.42. The first kappa shape index (κ1) is 46.8. The molecule has 0 spiro atoms. The largest absolute Gasteiger partial charge is 0.493 e. The molecule has 0 bridgehead atoms. The number of Topliss-reactive ketones (excluding diaryl/α,β-unsaturated/α-hetero) is 2. The number of fused-ring (bicyclic) bond motifs is 5. The maximum absolute atomic E-state index is 13.7. The average Bonchev–Trinajstić information content (AvgIpc) is 3.96. The number of hydrogen-bond acceptors (Lipinski definition) is 11. The number of ether oxygens (including phenoxy) is 2. The van der Waals surface area contributed by atoms with Crippen molar-refractivity contribution in [2.75, 3.05) is 29.3 Å². The zero-order chi connectivity index (χ0) is 47.1. The number of nitrogens with one attached hydrogen (secondary N) is 3. The van der Waals surface area contributed by atoms with E-state index in [9.17, 15) is 33.6 Å². The number of rotatable bonds is 21. The van der Waals surface area contributed by atoms with Crippen LogP contribution >= 0.6 is 11.3 Å². The monoisotopic (exact) mass is 916 g/mol. The van der Waals surface area contributed by atoms with E-state index in [-0.39, 0.29) is 74.0 Å². The topological polar surface area (TPSA) is 215 Å². The number of anilines is 3. The predicted molar refractivity (Wildman–Crippen MR) is 252 cm³/mol. The molecular formula is C49H52N6O10S. The minimum absolute atomic E-state index is 0.00359. The number of nitrogens with zero attached hydrogens (tertiary/aromatic N) is 3. The third-order valence-corrected chi connectivity index (χ3v) is 12.7. The lowest BCUT2D eigenvalue weighted by Gasteiger charge is -2.22. The molecule has 16 nitrogen and oxygen atoms in total. The molecule has 344 valence electrons. The highest BCUT2D eigenvalue weighted by Crippen LogP contribution is 2.41. The number of methoxy groups -OCH3 is 1. The standard InChI is InChI=1S/C49H52N6O10S/c1-28(18-35(56)11-6-8-14-46(59)60)47(61)51-29(2)41(57)23-36-21-31-19-32(15-16-44(31)66-36)53-48(62)40-22-33(27-54(40)3)52-45(58)13-9-17-65-43-25-38-37(24-42(43)64-4)49(63)55-34(26-50-38)20-30-10-5-7-12-39(30)55/h5,7,10,12,15-16,19,21-22,24-29,34H,6,8-9,11,13-14,17-18,20,23H2,1-4H3,(H,51,61)(H,52,58)(H,53,62)(H,59,60)/t28-,29+,34+/m1/s1. The molecule has 0 unspecified atom stereocenters. The number of carboxylic acid groups (broad SMARTS) is 1. The Balaban J connectivity index is 0.862.